The summed E-state index contributed by atoms with van der Waals surface area (Å²) in [5, 5.41) is 0. The van der Waals surface area contributed by atoms with Crippen LogP contribution in [0.15, 0.2) is 206 Å². The minimum absolute atomic E-state index is 0.798. The molecule has 0 fully saturated rings. The molecule has 0 radical (unpaired) electrons. The molecule has 0 aromatic heterocycles. The van der Waals surface area contributed by atoms with Gasteiger partial charge in [0.05, 0.1) is 0 Å². The molecule has 0 saturated heterocycles. The van der Waals surface area contributed by atoms with E-state index in [-0.39, 0.29) is 0 Å². The molecular weight excluding hydrogens is 937 g/mol. The molecule has 0 bridgehead atoms. The Hall–Kier alpha value is -8.78. The monoisotopic (exact) mass is 1010 g/mol. The predicted molar refractivity (Wildman–Crippen MR) is 332 cm³/mol. The van der Waals surface area contributed by atoms with Crippen LogP contribution < -0.4 is 0 Å². The summed E-state index contributed by atoms with van der Waals surface area (Å²) in [6.45, 7) is 8.96. The lowest BCUT2D eigenvalue weighted by molar-refractivity contribution is 0.795. The van der Waals surface area contributed by atoms with Crippen molar-refractivity contribution < 1.29 is 0 Å². The predicted octanol–water partition coefficient (Wildman–Crippen LogP) is 19.3. The molecule has 382 valence electrons. The lowest BCUT2D eigenvalue weighted by Crippen LogP contribution is -1.93. The first-order chi connectivity index (χ1) is 38.4. The van der Waals surface area contributed by atoms with Gasteiger partial charge in [-0.15, -0.1) is 0 Å². The topological polar surface area (TPSA) is 0 Å². The van der Waals surface area contributed by atoms with E-state index in [1.165, 1.54) is 118 Å². The molecule has 0 N–H and O–H groups in total. The van der Waals surface area contributed by atoms with Crippen LogP contribution in [0.1, 0.15) is 146 Å². The van der Waals surface area contributed by atoms with Crippen LogP contribution in [-0.2, 0) is 25.7 Å². The van der Waals surface area contributed by atoms with E-state index in [0.717, 1.165) is 70.2 Å². The first-order valence-corrected chi connectivity index (χ1v) is 28.5. The molecule has 0 aliphatic heterocycles. The summed E-state index contributed by atoms with van der Waals surface area (Å²) in [6, 6.07) is 74.2. The minimum atomic E-state index is 0.798. The van der Waals surface area contributed by atoms with Crippen molar-refractivity contribution in [3.63, 3.8) is 0 Å². The highest BCUT2D eigenvalue weighted by atomic mass is 14.1. The molecule has 0 heterocycles. The van der Waals surface area contributed by atoms with E-state index >= 15 is 0 Å². The molecule has 9 aromatic carbocycles. The lowest BCUT2D eigenvalue weighted by atomic mass is 9.97. The summed E-state index contributed by atoms with van der Waals surface area (Å²) in [5.41, 5.74) is 21.9. The first kappa shape index (κ1) is 54.0. The molecule has 9 rings (SSSR count). The highest BCUT2D eigenvalue weighted by Gasteiger charge is 2.09. The van der Waals surface area contributed by atoms with Crippen molar-refractivity contribution in [2.24, 2.45) is 0 Å². The van der Waals surface area contributed by atoms with Gasteiger partial charge in [0.25, 0.3) is 0 Å². The number of rotatable bonds is 16. The number of benzene rings is 9. The van der Waals surface area contributed by atoms with Crippen LogP contribution >= 0.6 is 0 Å². The van der Waals surface area contributed by atoms with Gasteiger partial charge in [-0.05, 0) is 179 Å². The SMILES string of the molecule is CCCCc1ccc(-c2ccc(C#Cc3cc(C#Cc4ccc(-c5ccc(CCCC)cc5)cc4)c(C#Cc4ccc(-c5ccc(CCCC)cc5)cc4)cc3C#Cc3ccc(-c4ccc(CCCC)cc4)cc3)cc2)cc1. The summed E-state index contributed by atoms with van der Waals surface area (Å²) in [7, 11) is 0. The standard InChI is InChI=1S/C78H70/c1-5-9-13-59-17-37-67(38-18-59)71-45-25-63(26-46-71)33-53-75-57-77(55-35-65-29-49-73(50-30-65)69-41-21-61(22-42-69)15-11-7-3)78(56-36-66-31-51-74(52-32-66)70-43-23-62(24-44-70)16-12-8-4)58-76(75)54-34-64-27-47-72(48-28-64)68-39-19-60(20-40-68)14-10-6-2/h17-32,37-52,57-58H,5-16H2,1-4H3. The molecule has 9 aromatic rings. The maximum atomic E-state index is 3.55. The molecule has 0 atom stereocenters. The molecule has 0 unspecified atom stereocenters. The summed E-state index contributed by atoms with van der Waals surface area (Å²) in [4.78, 5) is 0. The second-order valence-corrected chi connectivity index (χ2v) is 20.5. The fraction of sp³-hybridized carbons (Fsp3) is 0.205. The van der Waals surface area contributed by atoms with Gasteiger partial charge in [-0.2, -0.15) is 0 Å². The van der Waals surface area contributed by atoms with Gasteiger partial charge in [-0.25, -0.2) is 0 Å². The number of hydrogen-bond acceptors (Lipinski definition) is 0. The molecule has 0 aliphatic rings. The van der Waals surface area contributed by atoms with Crippen LogP contribution in [0.4, 0.5) is 0 Å². The van der Waals surface area contributed by atoms with E-state index in [1.807, 2.05) is 0 Å². The van der Waals surface area contributed by atoms with E-state index in [9.17, 15) is 0 Å². The average molecular weight is 1010 g/mol. The zero-order valence-corrected chi connectivity index (χ0v) is 46.1. The molecule has 0 amide bonds. The van der Waals surface area contributed by atoms with E-state index in [2.05, 4.69) is 281 Å². The lowest BCUT2D eigenvalue weighted by Gasteiger charge is -2.06. The summed E-state index contributed by atoms with van der Waals surface area (Å²) < 4.78 is 0. The van der Waals surface area contributed by atoms with Crippen LogP contribution in [0.25, 0.3) is 44.5 Å². The third-order valence-corrected chi connectivity index (χ3v) is 14.5. The van der Waals surface area contributed by atoms with E-state index in [4.69, 9.17) is 0 Å². The van der Waals surface area contributed by atoms with Crippen molar-refractivity contribution in [2.75, 3.05) is 0 Å². The summed E-state index contributed by atoms with van der Waals surface area (Å²) in [5.74, 6) is 28.2. The van der Waals surface area contributed by atoms with Crippen molar-refractivity contribution in [3.8, 4) is 91.9 Å². The van der Waals surface area contributed by atoms with E-state index in [1.54, 1.807) is 0 Å². The van der Waals surface area contributed by atoms with Gasteiger partial charge in [0.1, 0.15) is 0 Å². The molecule has 0 heteroatoms. The Bertz CT molecular complexity index is 3140. The number of hydrogen-bond donors (Lipinski definition) is 0. The number of aryl methyl sites for hydroxylation is 4. The van der Waals surface area contributed by atoms with Crippen LogP contribution in [0.2, 0.25) is 0 Å². The van der Waals surface area contributed by atoms with Crippen molar-refractivity contribution in [3.05, 3.63) is 273 Å². The highest BCUT2D eigenvalue weighted by molar-refractivity contribution is 5.70. The van der Waals surface area contributed by atoms with Crippen molar-refractivity contribution >= 4 is 0 Å². The molecule has 0 aliphatic carbocycles. The van der Waals surface area contributed by atoms with Gasteiger partial charge in [-0.3, -0.25) is 0 Å². The fourth-order valence-electron chi connectivity index (χ4n) is 9.53. The van der Waals surface area contributed by atoms with Crippen LogP contribution in [0.5, 0.6) is 0 Å². The zero-order chi connectivity index (χ0) is 53.7. The van der Waals surface area contributed by atoms with Crippen molar-refractivity contribution in [1.29, 1.82) is 0 Å². The Labute approximate surface area is 467 Å². The maximum Gasteiger partial charge on any atom is 0.0419 e. The zero-order valence-electron chi connectivity index (χ0n) is 46.1. The second kappa shape index (κ2) is 27.8. The van der Waals surface area contributed by atoms with Gasteiger partial charge >= 0.3 is 0 Å². The van der Waals surface area contributed by atoms with Gasteiger partial charge in [0, 0.05) is 44.5 Å². The summed E-state index contributed by atoms with van der Waals surface area (Å²) >= 11 is 0. The van der Waals surface area contributed by atoms with Gasteiger partial charge in [0.2, 0.25) is 0 Å². The third kappa shape index (κ3) is 15.2. The van der Waals surface area contributed by atoms with Crippen LogP contribution in [0.3, 0.4) is 0 Å². The first-order valence-electron chi connectivity index (χ1n) is 28.5. The van der Waals surface area contributed by atoms with Gasteiger partial charge < -0.3 is 0 Å². The summed E-state index contributed by atoms with van der Waals surface area (Å²) in [6.07, 6.45) is 14.1. The Morgan fingerprint density at radius 3 is 0.538 bits per heavy atom. The third-order valence-electron chi connectivity index (χ3n) is 14.5. The molecule has 0 nitrogen and oxygen atoms in total. The largest absolute Gasteiger partial charge is 0.0654 e. The quantitative estimate of drug-likeness (QED) is 0.0846. The number of unbranched alkanes of at least 4 members (excludes halogenated alkanes) is 4. The average Bonchev–Trinajstić information content (AvgIpc) is 3.51. The Morgan fingerprint density at radius 1 is 0.205 bits per heavy atom. The maximum absolute atomic E-state index is 3.55. The van der Waals surface area contributed by atoms with Crippen molar-refractivity contribution in [1.82, 2.24) is 0 Å². The normalized spacial score (nSPS) is 10.5. The molecular formula is C78H70. The fourth-order valence-corrected chi connectivity index (χ4v) is 9.53. The van der Waals surface area contributed by atoms with Gasteiger partial charge in [-0.1, -0.05) is 246 Å². The Morgan fingerprint density at radius 2 is 0.372 bits per heavy atom. The van der Waals surface area contributed by atoms with E-state index < -0.39 is 0 Å². The minimum Gasteiger partial charge on any atom is -0.0654 e. The second-order valence-electron chi connectivity index (χ2n) is 20.5. The van der Waals surface area contributed by atoms with Crippen molar-refractivity contribution in [2.45, 2.75) is 105 Å². The van der Waals surface area contributed by atoms with Crippen LogP contribution in [0, 0.1) is 47.4 Å². The molecule has 0 saturated carbocycles. The van der Waals surface area contributed by atoms with Gasteiger partial charge in [0.15, 0.2) is 0 Å². The highest BCUT2D eigenvalue weighted by Crippen LogP contribution is 2.26. The smallest absolute Gasteiger partial charge is 0.0419 e. The Balaban J connectivity index is 1.07. The van der Waals surface area contributed by atoms with E-state index in [0.29, 0.717) is 0 Å². The molecule has 78 heavy (non-hydrogen) atoms. The molecule has 0 spiro atoms. The van der Waals surface area contributed by atoms with Crippen LogP contribution in [-0.4, -0.2) is 0 Å². The Kier molecular flexibility index (Phi) is 19.3.